The summed E-state index contributed by atoms with van der Waals surface area (Å²) in [6.07, 6.45) is -0.631. The number of nitrogens with zero attached hydrogens (tertiary/aromatic N) is 4. The predicted octanol–water partition coefficient (Wildman–Crippen LogP) is 1.66. The van der Waals surface area contributed by atoms with Crippen molar-refractivity contribution in [3.05, 3.63) is 46.3 Å². The van der Waals surface area contributed by atoms with E-state index in [1.165, 1.54) is 4.90 Å². The van der Waals surface area contributed by atoms with Crippen LogP contribution < -0.4 is 0 Å². The summed E-state index contributed by atoms with van der Waals surface area (Å²) in [5.41, 5.74) is 9.37. The van der Waals surface area contributed by atoms with Gasteiger partial charge in [0.15, 0.2) is 0 Å². The maximum absolute atomic E-state index is 12.0. The van der Waals surface area contributed by atoms with Crippen LogP contribution in [0.3, 0.4) is 0 Å². The van der Waals surface area contributed by atoms with Gasteiger partial charge in [-0.2, -0.15) is 8.42 Å². The smallest absolute Gasteiger partial charge is 0.410 e. The summed E-state index contributed by atoms with van der Waals surface area (Å²) in [5.74, 6) is 0. The molecule has 9 nitrogen and oxygen atoms in total. The summed E-state index contributed by atoms with van der Waals surface area (Å²) in [6.45, 7) is 0.113. The van der Waals surface area contributed by atoms with Crippen LogP contribution in [0.15, 0.2) is 35.4 Å². The van der Waals surface area contributed by atoms with Crippen LogP contribution in [0.5, 0.6) is 0 Å². The number of carbonyl (C=O) groups is 1. The summed E-state index contributed by atoms with van der Waals surface area (Å²) < 4.78 is 32.5. The van der Waals surface area contributed by atoms with Gasteiger partial charge in [0.25, 0.3) is 10.1 Å². The third-order valence-electron chi connectivity index (χ3n) is 3.20. The van der Waals surface area contributed by atoms with E-state index < -0.39 is 28.4 Å². The topological polar surface area (TPSA) is 122 Å². The average molecular weight is 340 g/mol. The van der Waals surface area contributed by atoms with Crippen molar-refractivity contribution in [2.75, 3.05) is 19.3 Å². The molecular weight excluding hydrogens is 324 g/mol. The molecular formula is C13H16N4O5S. The fourth-order valence-electron chi connectivity index (χ4n) is 2.21. The first-order chi connectivity index (χ1) is 10.9. The highest BCUT2D eigenvalue weighted by Gasteiger charge is 2.38. The quantitative estimate of drug-likeness (QED) is 0.349. The van der Waals surface area contributed by atoms with Gasteiger partial charge < -0.3 is 9.64 Å². The molecule has 0 unspecified atom stereocenters. The Balaban J connectivity index is 1.97. The Morgan fingerprint density at radius 3 is 2.70 bits per heavy atom. The van der Waals surface area contributed by atoms with Crippen molar-refractivity contribution >= 4 is 16.2 Å². The first kappa shape index (κ1) is 17.1. The van der Waals surface area contributed by atoms with E-state index in [1.54, 1.807) is 0 Å². The fraction of sp³-hybridized carbons (Fsp3) is 0.462. The second-order valence-electron chi connectivity index (χ2n) is 5.06. The maximum Gasteiger partial charge on any atom is 0.410 e. The van der Waals surface area contributed by atoms with Gasteiger partial charge in [-0.1, -0.05) is 35.4 Å². The maximum atomic E-state index is 12.0. The molecule has 1 aromatic rings. The minimum atomic E-state index is -3.73. The van der Waals surface area contributed by atoms with E-state index in [0.29, 0.717) is 0 Å². The zero-order valence-electron chi connectivity index (χ0n) is 12.4. The molecule has 0 bridgehead atoms. The van der Waals surface area contributed by atoms with Crippen LogP contribution in [-0.2, 0) is 25.6 Å². The molecule has 124 valence electrons. The third kappa shape index (κ3) is 5.13. The lowest BCUT2D eigenvalue weighted by Crippen LogP contribution is -2.31. The molecule has 1 heterocycles. The molecule has 1 amide bonds. The summed E-state index contributed by atoms with van der Waals surface area (Å²) in [6, 6.07) is 8.35. The highest BCUT2D eigenvalue weighted by atomic mass is 32.2. The van der Waals surface area contributed by atoms with Crippen molar-refractivity contribution in [2.45, 2.75) is 18.8 Å². The molecule has 0 N–H and O–H groups in total. The molecule has 0 aliphatic carbocycles. The third-order valence-corrected chi connectivity index (χ3v) is 3.80. The van der Waals surface area contributed by atoms with Crippen LogP contribution in [0.2, 0.25) is 0 Å². The van der Waals surface area contributed by atoms with E-state index in [-0.39, 0.29) is 19.7 Å². The molecule has 1 aliphatic heterocycles. The first-order valence-electron chi connectivity index (χ1n) is 6.77. The van der Waals surface area contributed by atoms with Gasteiger partial charge >= 0.3 is 6.09 Å². The standard InChI is InChI=1S/C13H16N4O5S/c1-23(19,20)22-12-8-17(7-11(12)15-16-14)13(18)21-9-10-5-3-2-4-6-10/h2-6,11-12H,7-9H2,1H3/t11-,12-/m0/s1. The number of ether oxygens (including phenoxy) is 1. The van der Waals surface area contributed by atoms with Gasteiger partial charge in [0.1, 0.15) is 12.7 Å². The second kappa shape index (κ2) is 7.32. The average Bonchev–Trinajstić information content (AvgIpc) is 2.87. The minimum absolute atomic E-state index is 0.0234. The Bertz CT molecular complexity index is 702. The lowest BCUT2D eigenvalue weighted by Gasteiger charge is -2.16. The normalized spacial score (nSPS) is 20.8. The van der Waals surface area contributed by atoms with Crippen molar-refractivity contribution in [2.24, 2.45) is 5.11 Å². The Morgan fingerprint density at radius 1 is 1.39 bits per heavy atom. The number of benzene rings is 1. The lowest BCUT2D eigenvalue weighted by molar-refractivity contribution is 0.0995. The largest absolute Gasteiger partial charge is 0.445 e. The van der Waals surface area contributed by atoms with E-state index >= 15 is 0 Å². The number of hydrogen-bond donors (Lipinski definition) is 0. The first-order valence-corrected chi connectivity index (χ1v) is 8.59. The summed E-state index contributed by atoms with van der Waals surface area (Å²) in [4.78, 5) is 16.0. The Morgan fingerprint density at radius 2 is 2.09 bits per heavy atom. The van der Waals surface area contributed by atoms with Crippen molar-refractivity contribution in [1.29, 1.82) is 0 Å². The number of hydrogen-bond acceptors (Lipinski definition) is 6. The van der Waals surface area contributed by atoms with Gasteiger partial charge in [0.05, 0.1) is 18.8 Å². The summed E-state index contributed by atoms with van der Waals surface area (Å²) in [7, 11) is -3.73. The Kier molecular flexibility index (Phi) is 5.43. The molecule has 2 atom stereocenters. The zero-order valence-corrected chi connectivity index (χ0v) is 13.2. The van der Waals surface area contributed by atoms with Gasteiger partial charge in [0, 0.05) is 11.5 Å². The van der Waals surface area contributed by atoms with Crippen LogP contribution in [0.25, 0.3) is 10.4 Å². The second-order valence-corrected chi connectivity index (χ2v) is 6.66. The molecule has 0 radical (unpaired) electrons. The number of azide groups is 1. The van der Waals surface area contributed by atoms with Gasteiger partial charge in [-0.15, -0.1) is 0 Å². The molecule has 2 rings (SSSR count). The van der Waals surface area contributed by atoms with Crippen molar-refractivity contribution in [3.63, 3.8) is 0 Å². The number of likely N-dealkylation sites (tertiary alicyclic amines) is 1. The number of carbonyl (C=O) groups excluding carboxylic acids is 1. The van der Waals surface area contributed by atoms with E-state index in [9.17, 15) is 13.2 Å². The van der Waals surface area contributed by atoms with Gasteiger partial charge in [0.2, 0.25) is 0 Å². The van der Waals surface area contributed by atoms with Gasteiger partial charge in [-0.3, -0.25) is 4.18 Å². The highest BCUT2D eigenvalue weighted by molar-refractivity contribution is 7.86. The van der Waals surface area contributed by atoms with Crippen LogP contribution in [-0.4, -0.2) is 50.9 Å². The molecule has 0 saturated carbocycles. The van der Waals surface area contributed by atoms with E-state index in [1.807, 2.05) is 30.3 Å². The molecule has 0 spiro atoms. The predicted molar refractivity (Wildman–Crippen MR) is 80.9 cm³/mol. The molecule has 1 aromatic carbocycles. The van der Waals surface area contributed by atoms with Crippen molar-refractivity contribution in [3.8, 4) is 0 Å². The minimum Gasteiger partial charge on any atom is -0.445 e. The van der Waals surface area contributed by atoms with Crippen LogP contribution in [0.1, 0.15) is 5.56 Å². The van der Waals surface area contributed by atoms with Crippen molar-refractivity contribution in [1.82, 2.24) is 4.90 Å². The Hall–Kier alpha value is -2.29. The zero-order chi connectivity index (χ0) is 16.9. The highest BCUT2D eigenvalue weighted by Crippen LogP contribution is 2.20. The van der Waals surface area contributed by atoms with E-state index in [4.69, 9.17) is 14.5 Å². The number of rotatable bonds is 5. The molecule has 1 saturated heterocycles. The molecule has 1 aliphatic rings. The summed E-state index contributed by atoms with van der Waals surface area (Å²) >= 11 is 0. The van der Waals surface area contributed by atoms with E-state index in [0.717, 1.165) is 11.8 Å². The summed E-state index contributed by atoms with van der Waals surface area (Å²) in [5, 5.41) is 3.48. The molecule has 1 fully saturated rings. The van der Waals surface area contributed by atoms with E-state index in [2.05, 4.69) is 10.0 Å². The van der Waals surface area contributed by atoms with Crippen LogP contribution in [0, 0.1) is 0 Å². The molecule has 0 aromatic heterocycles. The Labute approximate surface area is 133 Å². The van der Waals surface area contributed by atoms with Gasteiger partial charge in [-0.05, 0) is 11.1 Å². The fourth-order valence-corrected chi connectivity index (χ4v) is 2.85. The molecule has 23 heavy (non-hydrogen) atoms. The lowest BCUT2D eigenvalue weighted by atomic mass is 10.2. The molecule has 10 heteroatoms. The van der Waals surface area contributed by atoms with Crippen LogP contribution >= 0.6 is 0 Å². The van der Waals surface area contributed by atoms with Crippen molar-refractivity contribution < 1.29 is 22.1 Å². The monoisotopic (exact) mass is 340 g/mol. The van der Waals surface area contributed by atoms with Crippen LogP contribution in [0.4, 0.5) is 4.79 Å². The SMILES string of the molecule is CS(=O)(=O)O[C@H]1CN(C(=O)OCc2ccccc2)C[C@@H]1N=[N+]=[N-]. The number of amides is 1. The van der Waals surface area contributed by atoms with Gasteiger partial charge in [-0.25, -0.2) is 4.79 Å².